The molecule has 0 nitrogen and oxygen atoms in total. The van der Waals surface area contributed by atoms with Crippen LogP contribution in [0.4, 0.5) is 0 Å². The summed E-state index contributed by atoms with van der Waals surface area (Å²) in [4.78, 5) is 0. The van der Waals surface area contributed by atoms with Crippen molar-refractivity contribution in [1.29, 1.82) is 0 Å². The molecule has 0 saturated heterocycles. The van der Waals surface area contributed by atoms with Crippen molar-refractivity contribution in [2.24, 2.45) is 5.92 Å². The standard InChI is InChI=1S/C10H15Cl/c1-5-10(11)7-6-9(4)8(2)3/h8H,1,4,6-7H2,2-3H3. The highest BCUT2D eigenvalue weighted by molar-refractivity contribution is 6.29. The van der Waals surface area contributed by atoms with Gasteiger partial charge in [0.25, 0.3) is 0 Å². The fraction of sp³-hybridized carbons (Fsp3) is 0.500. The Hall–Kier alpha value is -0.450. The smallest absolute Gasteiger partial charge is 0.0594 e. The van der Waals surface area contributed by atoms with Gasteiger partial charge in [0, 0.05) is 0 Å². The van der Waals surface area contributed by atoms with Crippen LogP contribution in [0.5, 0.6) is 0 Å². The van der Waals surface area contributed by atoms with Crippen molar-refractivity contribution in [3.8, 4) is 0 Å². The first-order valence-corrected chi connectivity index (χ1v) is 4.17. The second-order valence-electron chi connectivity index (χ2n) is 2.89. The van der Waals surface area contributed by atoms with Crippen LogP contribution < -0.4 is 0 Å². The molecule has 62 valence electrons. The Morgan fingerprint density at radius 1 is 1.45 bits per heavy atom. The topological polar surface area (TPSA) is 0 Å². The first-order valence-electron chi connectivity index (χ1n) is 3.80. The van der Waals surface area contributed by atoms with Crippen LogP contribution in [-0.2, 0) is 0 Å². The average molecular weight is 171 g/mol. The maximum Gasteiger partial charge on any atom is 0.0594 e. The second kappa shape index (κ2) is 5.23. The van der Waals surface area contributed by atoms with Crippen molar-refractivity contribution in [2.75, 3.05) is 0 Å². The summed E-state index contributed by atoms with van der Waals surface area (Å²) in [7, 11) is 0. The minimum Gasteiger partial charge on any atom is -0.113 e. The zero-order valence-corrected chi connectivity index (χ0v) is 8.04. The van der Waals surface area contributed by atoms with Gasteiger partial charge in [-0.2, -0.15) is 0 Å². The third-order valence-electron chi connectivity index (χ3n) is 1.67. The maximum atomic E-state index is 5.72. The van der Waals surface area contributed by atoms with Gasteiger partial charge in [0.2, 0.25) is 0 Å². The highest BCUT2D eigenvalue weighted by atomic mass is 35.5. The van der Waals surface area contributed by atoms with Crippen LogP contribution in [-0.4, -0.2) is 0 Å². The average Bonchev–Trinajstić information content (AvgIpc) is 1.99. The number of hydrogen-bond donors (Lipinski definition) is 0. The van der Waals surface area contributed by atoms with Crippen molar-refractivity contribution in [3.05, 3.63) is 29.5 Å². The molecule has 0 aliphatic carbocycles. The Balaban J connectivity index is 3.72. The summed E-state index contributed by atoms with van der Waals surface area (Å²) in [6.07, 6.45) is 1.76. The number of halogens is 1. The van der Waals surface area contributed by atoms with Crippen LogP contribution in [0.2, 0.25) is 0 Å². The Morgan fingerprint density at radius 2 is 2.00 bits per heavy atom. The lowest BCUT2D eigenvalue weighted by Crippen LogP contribution is -1.91. The van der Waals surface area contributed by atoms with Crippen molar-refractivity contribution < 1.29 is 0 Å². The van der Waals surface area contributed by atoms with E-state index in [-0.39, 0.29) is 0 Å². The molecule has 0 aromatic carbocycles. The van der Waals surface area contributed by atoms with Gasteiger partial charge in [-0.3, -0.25) is 0 Å². The normalized spacial score (nSPS) is 9.45. The molecule has 0 N–H and O–H groups in total. The van der Waals surface area contributed by atoms with E-state index in [9.17, 15) is 0 Å². The zero-order chi connectivity index (χ0) is 8.85. The molecular formula is C10H15Cl. The monoisotopic (exact) mass is 170 g/mol. The lowest BCUT2D eigenvalue weighted by atomic mass is 10.0. The third kappa shape index (κ3) is 4.89. The molecule has 0 atom stereocenters. The Morgan fingerprint density at radius 3 is 2.36 bits per heavy atom. The summed E-state index contributed by atoms with van der Waals surface area (Å²) in [5, 5.41) is 0.701. The molecule has 0 fully saturated rings. The molecular weight excluding hydrogens is 156 g/mol. The summed E-state index contributed by atoms with van der Waals surface area (Å²) in [5.41, 5.74) is 3.88. The molecule has 0 amide bonds. The van der Waals surface area contributed by atoms with E-state index in [4.69, 9.17) is 11.6 Å². The van der Waals surface area contributed by atoms with Crippen LogP contribution >= 0.6 is 11.6 Å². The maximum absolute atomic E-state index is 5.72. The third-order valence-corrected chi connectivity index (χ3v) is 2.00. The van der Waals surface area contributed by atoms with E-state index in [1.165, 1.54) is 5.57 Å². The van der Waals surface area contributed by atoms with E-state index in [1.807, 2.05) is 0 Å². The summed E-state index contributed by atoms with van der Waals surface area (Å²) in [6, 6.07) is 0. The van der Waals surface area contributed by atoms with Crippen molar-refractivity contribution in [1.82, 2.24) is 0 Å². The SMILES string of the molecule is C=C=C(Cl)CCC(=C)C(C)C. The van der Waals surface area contributed by atoms with Gasteiger partial charge >= 0.3 is 0 Å². The fourth-order valence-corrected chi connectivity index (χ4v) is 0.742. The van der Waals surface area contributed by atoms with Crippen LogP contribution in [0.3, 0.4) is 0 Å². The Kier molecular flexibility index (Phi) is 5.02. The van der Waals surface area contributed by atoms with Crippen LogP contribution in [0.15, 0.2) is 29.5 Å². The quantitative estimate of drug-likeness (QED) is 0.444. The van der Waals surface area contributed by atoms with Gasteiger partial charge in [-0.05, 0) is 18.8 Å². The minimum atomic E-state index is 0.546. The first kappa shape index (κ1) is 10.6. The number of hydrogen-bond acceptors (Lipinski definition) is 0. The van der Waals surface area contributed by atoms with Gasteiger partial charge in [-0.25, -0.2) is 0 Å². The zero-order valence-electron chi connectivity index (χ0n) is 7.28. The van der Waals surface area contributed by atoms with E-state index in [0.29, 0.717) is 11.0 Å². The van der Waals surface area contributed by atoms with Gasteiger partial charge in [0.15, 0.2) is 0 Å². The van der Waals surface area contributed by atoms with Crippen molar-refractivity contribution in [2.45, 2.75) is 26.7 Å². The second-order valence-corrected chi connectivity index (χ2v) is 3.35. The van der Waals surface area contributed by atoms with Crippen molar-refractivity contribution >= 4 is 11.6 Å². The first-order chi connectivity index (χ1) is 5.07. The molecule has 0 rings (SSSR count). The molecule has 11 heavy (non-hydrogen) atoms. The number of rotatable bonds is 4. The van der Waals surface area contributed by atoms with Crippen molar-refractivity contribution in [3.63, 3.8) is 0 Å². The molecule has 1 heteroatoms. The van der Waals surface area contributed by atoms with Gasteiger partial charge in [-0.1, -0.05) is 44.2 Å². The van der Waals surface area contributed by atoms with Gasteiger partial charge < -0.3 is 0 Å². The predicted octanol–water partition coefficient (Wildman–Crippen LogP) is 3.89. The van der Waals surface area contributed by atoms with Crippen LogP contribution in [0.1, 0.15) is 26.7 Å². The van der Waals surface area contributed by atoms with Gasteiger partial charge in [-0.15, -0.1) is 5.73 Å². The molecule has 0 heterocycles. The molecule has 0 aromatic rings. The van der Waals surface area contributed by atoms with Gasteiger partial charge in [0.1, 0.15) is 0 Å². The van der Waals surface area contributed by atoms with Gasteiger partial charge in [0.05, 0.1) is 5.03 Å². The highest BCUT2D eigenvalue weighted by Gasteiger charge is 2.00. The minimum absolute atomic E-state index is 0.546. The summed E-state index contributed by atoms with van der Waals surface area (Å²) in [6.45, 7) is 11.7. The summed E-state index contributed by atoms with van der Waals surface area (Å²) in [5.74, 6) is 0.546. The lowest BCUT2D eigenvalue weighted by Gasteiger charge is -2.07. The molecule has 0 aromatic heterocycles. The molecule has 0 spiro atoms. The molecule has 0 unspecified atom stereocenters. The lowest BCUT2D eigenvalue weighted by molar-refractivity contribution is 0.717. The largest absolute Gasteiger partial charge is 0.113 e. The highest BCUT2D eigenvalue weighted by Crippen LogP contribution is 2.17. The fourth-order valence-electron chi connectivity index (χ4n) is 0.647. The van der Waals surface area contributed by atoms with Crippen LogP contribution in [0.25, 0.3) is 0 Å². The molecule has 0 radical (unpaired) electrons. The predicted molar refractivity (Wildman–Crippen MR) is 51.7 cm³/mol. The number of allylic oxidation sites excluding steroid dienone is 2. The van der Waals surface area contributed by atoms with E-state index >= 15 is 0 Å². The molecule has 0 bridgehead atoms. The summed E-state index contributed by atoms with van der Waals surface area (Å²) >= 11 is 5.72. The Labute approximate surface area is 74.3 Å². The summed E-state index contributed by atoms with van der Waals surface area (Å²) < 4.78 is 0. The molecule has 0 saturated carbocycles. The van der Waals surface area contributed by atoms with E-state index in [1.54, 1.807) is 0 Å². The van der Waals surface area contributed by atoms with Crippen LogP contribution in [0, 0.1) is 5.92 Å². The molecule has 0 aliphatic rings. The van der Waals surface area contributed by atoms with E-state index in [2.05, 4.69) is 32.7 Å². The molecule has 0 aliphatic heterocycles. The Bertz CT molecular complexity index is 183. The van der Waals surface area contributed by atoms with E-state index in [0.717, 1.165) is 12.8 Å². The van der Waals surface area contributed by atoms with E-state index < -0.39 is 0 Å².